The minimum Gasteiger partial charge on any atom is -0.358 e. The van der Waals surface area contributed by atoms with Crippen LogP contribution in [0.25, 0.3) is 6.08 Å². The summed E-state index contributed by atoms with van der Waals surface area (Å²) in [4.78, 5) is 44.4. The number of hydrogen-bond donors (Lipinski definition) is 0. The van der Waals surface area contributed by atoms with Crippen molar-refractivity contribution in [1.82, 2.24) is 4.90 Å². The normalized spacial score (nSPS) is 25.7. The number of halogens is 1. The summed E-state index contributed by atoms with van der Waals surface area (Å²) >= 11 is 1.33. The number of carbonyl (C=O) groups excluding carboxylic acids is 3. The molecule has 1 aromatic heterocycles. The largest absolute Gasteiger partial charge is 0.358 e. The van der Waals surface area contributed by atoms with E-state index in [9.17, 15) is 18.8 Å². The maximum Gasteiger partial charge on any atom is 0.240 e. The molecule has 4 heterocycles. The van der Waals surface area contributed by atoms with Gasteiger partial charge < -0.3 is 4.90 Å². The van der Waals surface area contributed by atoms with E-state index in [2.05, 4.69) is 0 Å². The van der Waals surface area contributed by atoms with Crippen molar-refractivity contribution >= 4 is 40.7 Å². The smallest absolute Gasteiger partial charge is 0.240 e. The number of benzene rings is 2. The highest BCUT2D eigenvalue weighted by molar-refractivity contribution is 7.12. The molecule has 0 saturated carbocycles. The van der Waals surface area contributed by atoms with Gasteiger partial charge in [0.15, 0.2) is 5.78 Å². The predicted molar refractivity (Wildman–Crippen MR) is 118 cm³/mol. The fourth-order valence-electron chi connectivity index (χ4n) is 5.27. The fourth-order valence-corrected chi connectivity index (χ4v) is 5.96. The Morgan fingerprint density at radius 1 is 0.906 bits per heavy atom. The van der Waals surface area contributed by atoms with Crippen LogP contribution in [0.5, 0.6) is 0 Å². The molecule has 3 aliphatic rings. The first kappa shape index (κ1) is 19.1. The molecular weight excluding hydrogens is 427 g/mol. The molecule has 7 heteroatoms. The second kappa shape index (κ2) is 6.97. The van der Waals surface area contributed by atoms with E-state index < -0.39 is 35.6 Å². The van der Waals surface area contributed by atoms with Gasteiger partial charge in [0.25, 0.3) is 0 Å². The quantitative estimate of drug-likeness (QED) is 0.447. The van der Waals surface area contributed by atoms with Gasteiger partial charge in [0.2, 0.25) is 11.8 Å². The van der Waals surface area contributed by atoms with Crippen LogP contribution in [0.2, 0.25) is 0 Å². The van der Waals surface area contributed by atoms with E-state index in [4.69, 9.17) is 0 Å². The highest BCUT2D eigenvalue weighted by Gasteiger charge is 2.64. The maximum atomic E-state index is 13.7. The molecule has 32 heavy (non-hydrogen) atoms. The number of amides is 2. The van der Waals surface area contributed by atoms with E-state index in [1.165, 1.54) is 35.6 Å². The number of hydrogen-bond acceptors (Lipinski definition) is 5. The van der Waals surface area contributed by atoms with Gasteiger partial charge in [-0.2, -0.15) is 0 Å². The lowest BCUT2D eigenvalue weighted by atomic mass is 9.84. The van der Waals surface area contributed by atoms with Crippen LogP contribution in [0.1, 0.15) is 26.8 Å². The second-order valence-corrected chi connectivity index (χ2v) is 9.11. The van der Waals surface area contributed by atoms with E-state index in [1.807, 2.05) is 46.8 Å². The van der Waals surface area contributed by atoms with Crippen molar-refractivity contribution in [2.45, 2.75) is 12.1 Å². The summed E-state index contributed by atoms with van der Waals surface area (Å²) in [6.07, 6.45) is 3.76. The first-order chi connectivity index (χ1) is 15.6. The summed E-state index contributed by atoms with van der Waals surface area (Å²) < 4.78 is 13.5. The van der Waals surface area contributed by atoms with Crippen molar-refractivity contribution in [2.75, 3.05) is 4.90 Å². The van der Waals surface area contributed by atoms with Gasteiger partial charge in [-0.3, -0.25) is 14.4 Å². The van der Waals surface area contributed by atoms with Crippen molar-refractivity contribution < 1.29 is 18.8 Å². The Morgan fingerprint density at radius 3 is 2.41 bits per heavy atom. The van der Waals surface area contributed by atoms with Gasteiger partial charge in [-0.1, -0.05) is 30.3 Å². The highest BCUT2D eigenvalue weighted by atomic mass is 32.1. The van der Waals surface area contributed by atoms with Crippen LogP contribution < -0.4 is 4.90 Å². The second-order valence-electron chi connectivity index (χ2n) is 8.16. The van der Waals surface area contributed by atoms with Crippen molar-refractivity contribution in [3.05, 3.63) is 94.1 Å². The average molecular weight is 444 g/mol. The molecule has 2 saturated heterocycles. The molecule has 158 valence electrons. The molecule has 0 aliphatic carbocycles. The van der Waals surface area contributed by atoms with E-state index in [0.717, 1.165) is 16.0 Å². The third-order valence-corrected chi connectivity index (χ3v) is 7.46. The van der Waals surface area contributed by atoms with Crippen molar-refractivity contribution in [3.63, 3.8) is 0 Å². The van der Waals surface area contributed by atoms with Gasteiger partial charge in [-0.15, -0.1) is 11.3 Å². The zero-order valence-electron chi connectivity index (χ0n) is 16.7. The average Bonchev–Trinajstić information content (AvgIpc) is 3.51. The predicted octanol–water partition coefficient (Wildman–Crippen LogP) is 4.29. The number of Topliss-reactive ketones (excluding diaryl/α,β-unsaturated/α-hetero) is 1. The molecule has 6 rings (SSSR count). The molecule has 2 aromatic carbocycles. The Kier molecular flexibility index (Phi) is 4.16. The van der Waals surface area contributed by atoms with Crippen LogP contribution >= 0.6 is 11.3 Å². The summed E-state index contributed by atoms with van der Waals surface area (Å²) in [6, 6.07) is 15.4. The summed E-state index contributed by atoms with van der Waals surface area (Å²) in [5.41, 5.74) is 2.22. The molecule has 2 fully saturated rings. The van der Waals surface area contributed by atoms with E-state index in [1.54, 1.807) is 12.1 Å². The summed E-state index contributed by atoms with van der Waals surface area (Å²) in [5, 5.41) is 1.82. The molecule has 0 bridgehead atoms. The minimum atomic E-state index is -0.817. The zero-order valence-corrected chi connectivity index (χ0v) is 17.5. The van der Waals surface area contributed by atoms with Gasteiger partial charge in [-0.25, -0.2) is 9.29 Å². The number of ketones is 1. The Labute approximate surface area is 187 Å². The molecule has 4 atom stereocenters. The van der Waals surface area contributed by atoms with E-state index >= 15 is 0 Å². The monoisotopic (exact) mass is 444 g/mol. The molecule has 5 nitrogen and oxygen atoms in total. The lowest BCUT2D eigenvalue weighted by molar-refractivity contribution is -0.123. The van der Waals surface area contributed by atoms with Crippen LogP contribution in [0.4, 0.5) is 10.1 Å². The standard InChI is InChI=1S/C25H17FN2O3S/c26-15-7-9-16(10-8-15)28-24(30)19-20(25(28)31)22(23(29)18-6-3-13-32-18)27-12-11-14-4-1-2-5-17(14)21(19)27/h1-13,19-22H/t19-,20-,21+,22+/m0/s1. The fraction of sp³-hybridized carbons (Fsp3) is 0.160. The third kappa shape index (κ3) is 2.58. The van der Waals surface area contributed by atoms with Crippen LogP contribution in [0.15, 0.2) is 72.2 Å². The Balaban J connectivity index is 1.50. The molecule has 3 aliphatic heterocycles. The number of thiophene rings is 1. The van der Waals surface area contributed by atoms with Gasteiger partial charge in [-0.05, 0) is 52.9 Å². The number of fused-ring (bicyclic) bond motifs is 5. The molecule has 2 amide bonds. The van der Waals surface area contributed by atoms with Crippen LogP contribution in [0, 0.1) is 17.7 Å². The molecule has 0 unspecified atom stereocenters. The number of carbonyl (C=O) groups is 3. The molecule has 3 aromatic rings. The lowest BCUT2D eigenvalue weighted by Crippen LogP contribution is -2.44. The van der Waals surface area contributed by atoms with Gasteiger partial charge in [0.05, 0.1) is 28.4 Å². The third-order valence-electron chi connectivity index (χ3n) is 6.58. The maximum absolute atomic E-state index is 13.7. The number of anilines is 1. The first-order valence-electron chi connectivity index (χ1n) is 10.3. The summed E-state index contributed by atoms with van der Waals surface area (Å²) in [5.74, 6) is -2.90. The lowest BCUT2D eigenvalue weighted by Gasteiger charge is -2.35. The summed E-state index contributed by atoms with van der Waals surface area (Å²) in [6.45, 7) is 0. The van der Waals surface area contributed by atoms with Crippen molar-refractivity contribution in [1.29, 1.82) is 0 Å². The van der Waals surface area contributed by atoms with Crippen LogP contribution in [0.3, 0.4) is 0 Å². The first-order valence-corrected chi connectivity index (χ1v) is 11.2. The molecular formula is C25H17FN2O3S. The number of imide groups is 1. The molecule has 0 radical (unpaired) electrons. The van der Waals surface area contributed by atoms with E-state index in [0.29, 0.717) is 10.6 Å². The summed E-state index contributed by atoms with van der Waals surface area (Å²) in [7, 11) is 0. The van der Waals surface area contributed by atoms with Gasteiger partial charge in [0, 0.05) is 6.20 Å². The Bertz CT molecular complexity index is 1280. The number of nitrogens with zero attached hydrogens (tertiary/aromatic N) is 2. The zero-order chi connectivity index (χ0) is 22.0. The van der Waals surface area contributed by atoms with Gasteiger partial charge >= 0.3 is 0 Å². The Hall–Kier alpha value is -3.58. The number of rotatable bonds is 3. The minimum absolute atomic E-state index is 0.163. The van der Waals surface area contributed by atoms with Crippen LogP contribution in [-0.2, 0) is 9.59 Å². The van der Waals surface area contributed by atoms with E-state index in [-0.39, 0.29) is 11.7 Å². The molecule has 0 N–H and O–H groups in total. The van der Waals surface area contributed by atoms with Crippen molar-refractivity contribution in [2.24, 2.45) is 11.8 Å². The topological polar surface area (TPSA) is 57.7 Å². The SMILES string of the molecule is O=C(c1cccs1)[C@H]1[C@H]2C(=O)N(c3ccc(F)cc3)C(=O)[C@@H]2[C@H]2c3ccccc3C=CN21. The van der Waals surface area contributed by atoms with Crippen LogP contribution in [-0.4, -0.2) is 28.5 Å². The molecule has 0 spiro atoms. The Morgan fingerprint density at radius 2 is 1.66 bits per heavy atom. The van der Waals surface area contributed by atoms with Crippen molar-refractivity contribution in [3.8, 4) is 0 Å². The van der Waals surface area contributed by atoms with Gasteiger partial charge in [0.1, 0.15) is 11.9 Å². The highest BCUT2D eigenvalue weighted by Crippen LogP contribution is 2.53.